The molecule has 0 bridgehead atoms. The lowest BCUT2D eigenvalue weighted by atomic mass is 10.2. The van der Waals surface area contributed by atoms with Crippen LogP contribution in [0, 0.1) is 0 Å². The maximum atomic E-state index is 12.0. The van der Waals surface area contributed by atoms with Crippen LogP contribution in [0.2, 0.25) is 20.2 Å². The number of pyridine rings is 1. The lowest BCUT2D eigenvalue weighted by Gasteiger charge is -2.11. The molecular weight excluding hydrogens is 336 g/mol. The third-order valence-electron chi connectivity index (χ3n) is 2.55. The van der Waals surface area contributed by atoms with Crippen molar-refractivity contribution in [2.45, 2.75) is 12.5 Å². The minimum absolute atomic E-state index is 0.0245. The molecule has 0 aromatic carbocycles. The first-order valence-electron chi connectivity index (χ1n) is 5.20. The molecule has 2 heterocycles. The summed E-state index contributed by atoms with van der Waals surface area (Å²) in [6.45, 7) is 0.507. The largest absolute Gasteiger partial charge is 0.354 e. The van der Waals surface area contributed by atoms with Gasteiger partial charge in [0.05, 0.1) is 15.1 Å². The van der Waals surface area contributed by atoms with Crippen molar-refractivity contribution in [1.82, 2.24) is 15.6 Å². The van der Waals surface area contributed by atoms with Gasteiger partial charge in [0.2, 0.25) is 5.91 Å². The number of amides is 2. The third kappa shape index (κ3) is 2.89. The molecular formula is C10H7Cl4N3O2. The Morgan fingerprint density at radius 1 is 1.21 bits per heavy atom. The summed E-state index contributed by atoms with van der Waals surface area (Å²) >= 11 is 23.2. The van der Waals surface area contributed by atoms with E-state index in [-0.39, 0.29) is 31.8 Å². The normalized spacial score (nSPS) is 18.3. The number of hydrogen-bond donors (Lipinski definition) is 2. The van der Waals surface area contributed by atoms with Crippen LogP contribution in [0.4, 0.5) is 0 Å². The summed E-state index contributed by atoms with van der Waals surface area (Å²) in [5.74, 6) is -0.886. The molecule has 1 aromatic heterocycles. The molecule has 0 aliphatic carbocycles. The highest BCUT2D eigenvalue weighted by Crippen LogP contribution is 2.36. The number of carbonyl (C=O) groups excluding carboxylic acids is 2. The van der Waals surface area contributed by atoms with Crippen molar-refractivity contribution in [1.29, 1.82) is 0 Å². The molecule has 102 valence electrons. The molecule has 0 saturated carbocycles. The highest BCUT2D eigenvalue weighted by Gasteiger charge is 2.28. The van der Waals surface area contributed by atoms with E-state index in [1.54, 1.807) is 0 Å². The van der Waals surface area contributed by atoms with E-state index >= 15 is 0 Å². The van der Waals surface area contributed by atoms with Gasteiger partial charge in [0, 0.05) is 6.54 Å². The first kappa shape index (κ1) is 14.7. The molecule has 1 fully saturated rings. The van der Waals surface area contributed by atoms with Crippen LogP contribution in [0.15, 0.2) is 0 Å². The summed E-state index contributed by atoms with van der Waals surface area (Å²) in [6, 6.07) is -0.612. The standard InChI is InChI=1S/C10H7Cl4N3O2/c11-4-5(12)7(17-8(14)6(4)13)10(19)16-3-1-2-15-9(3)18/h3H,1-2H2,(H,15,18)(H,16,19). The van der Waals surface area contributed by atoms with Gasteiger partial charge in [-0.3, -0.25) is 9.59 Å². The van der Waals surface area contributed by atoms with Gasteiger partial charge in [0.15, 0.2) is 0 Å². The van der Waals surface area contributed by atoms with E-state index < -0.39 is 11.9 Å². The minimum Gasteiger partial charge on any atom is -0.354 e. The zero-order valence-corrected chi connectivity index (χ0v) is 12.3. The minimum atomic E-state index is -0.632. The van der Waals surface area contributed by atoms with Crippen molar-refractivity contribution < 1.29 is 9.59 Å². The average Bonchev–Trinajstić information content (AvgIpc) is 2.77. The van der Waals surface area contributed by atoms with Gasteiger partial charge < -0.3 is 10.6 Å². The Hall–Kier alpha value is -0.750. The summed E-state index contributed by atoms with van der Waals surface area (Å²) in [5, 5.41) is 4.79. The Balaban J connectivity index is 2.27. The summed E-state index contributed by atoms with van der Waals surface area (Å²) in [7, 11) is 0. The molecule has 1 unspecified atom stereocenters. The van der Waals surface area contributed by atoms with Crippen molar-refractivity contribution in [3.05, 3.63) is 25.9 Å². The number of nitrogens with one attached hydrogen (secondary N) is 2. The number of carbonyl (C=O) groups is 2. The van der Waals surface area contributed by atoms with Crippen LogP contribution in [-0.2, 0) is 4.79 Å². The van der Waals surface area contributed by atoms with Crippen LogP contribution in [0.3, 0.4) is 0 Å². The lowest BCUT2D eigenvalue weighted by Crippen LogP contribution is -2.40. The monoisotopic (exact) mass is 341 g/mol. The van der Waals surface area contributed by atoms with Crippen molar-refractivity contribution in [2.24, 2.45) is 0 Å². The highest BCUT2D eigenvalue weighted by molar-refractivity contribution is 6.52. The second-order valence-electron chi connectivity index (χ2n) is 3.80. The lowest BCUT2D eigenvalue weighted by molar-refractivity contribution is -0.120. The zero-order chi connectivity index (χ0) is 14.2. The number of aromatic nitrogens is 1. The Morgan fingerprint density at radius 3 is 2.47 bits per heavy atom. The van der Waals surface area contributed by atoms with Crippen LogP contribution in [0.5, 0.6) is 0 Å². The van der Waals surface area contributed by atoms with Crippen LogP contribution >= 0.6 is 46.4 Å². The molecule has 1 saturated heterocycles. The van der Waals surface area contributed by atoms with Gasteiger partial charge in [-0.15, -0.1) is 0 Å². The fourth-order valence-electron chi connectivity index (χ4n) is 1.60. The Morgan fingerprint density at radius 2 is 1.89 bits per heavy atom. The number of halogens is 4. The van der Waals surface area contributed by atoms with Gasteiger partial charge in [0.1, 0.15) is 16.9 Å². The summed E-state index contributed by atoms with van der Waals surface area (Å²) < 4.78 is 0. The molecule has 1 aliphatic rings. The quantitative estimate of drug-likeness (QED) is 0.810. The first-order valence-corrected chi connectivity index (χ1v) is 6.71. The highest BCUT2D eigenvalue weighted by atomic mass is 35.5. The summed E-state index contributed by atoms with van der Waals surface area (Å²) in [5.41, 5.74) is -0.166. The van der Waals surface area contributed by atoms with E-state index in [1.165, 1.54) is 0 Å². The van der Waals surface area contributed by atoms with E-state index in [0.717, 1.165) is 0 Å². The molecule has 19 heavy (non-hydrogen) atoms. The number of nitrogens with zero attached hydrogens (tertiary/aromatic N) is 1. The van der Waals surface area contributed by atoms with Gasteiger partial charge in [-0.25, -0.2) is 4.98 Å². The maximum absolute atomic E-state index is 12.0. The Labute approximate surface area is 128 Å². The van der Waals surface area contributed by atoms with E-state index in [4.69, 9.17) is 46.4 Å². The molecule has 1 aromatic rings. The van der Waals surface area contributed by atoms with E-state index in [2.05, 4.69) is 15.6 Å². The summed E-state index contributed by atoms with van der Waals surface area (Å²) in [6.07, 6.45) is 0.497. The second-order valence-corrected chi connectivity index (χ2v) is 5.29. The number of hydrogen-bond acceptors (Lipinski definition) is 3. The Bertz CT molecular complexity index is 564. The van der Waals surface area contributed by atoms with Crippen LogP contribution in [-0.4, -0.2) is 29.4 Å². The van der Waals surface area contributed by atoms with Crippen molar-refractivity contribution in [3.63, 3.8) is 0 Å². The molecule has 2 N–H and O–H groups in total. The van der Waals surface area contributed by atoms with Crippen molar-refractivity contribution >= 4 is 58.2 Å². The van der Waals surface area contributed by atoms with Gasteiger partial charge in [-0.05, 0) is 6.42 Å². The molecule has 2 amide bonds. The maximum Gasteiger partial charge on any atom is 0.272 e. The fourth-order valence-corrected chi connectivity index (χ4v) is 2.41. The van der Waals surface area contributed by atoms with E-state index in [0.29, 0.717) is 13.0 Å². The van der Waals surface area contributed by atoms with E-state index in [9.17, 15) is 9.59 Å². The molecule has 0 spiro atoms. The van der Waals surface area contributed by atoms with Crippen molar-refractivity contribution in [2.75, 3.05) is 6.54 Å². The third-order valence-corrected chi connectivity index (χ3v) is 4.23. The van der Waals surface area contributed by atoms with Crippen LogP contribution in [0.25, 0.3) is 0 Å². The van der Waals surface area contributed by atoms with Crippen molar-refractivity contribution in [3.8, 4) is 0 Å². The van der Waals surface area contributed by atoms with Gasteiger partial charge in [-0.1, -0.05) is 46.4 Å². The van der Waals surface area contributed by atoms with Gasteiger partial charge in [-0.2, -0.15) is 0 Å². The van der Waals surface area contributed by atoms with Crippen LogP contribution < -0.4 is 10.6 Å². The fraction of sp³-hybridized carbons (Fsp3) is 0.300. The molecule has 5 nitrogen and oxygen atoms in total. The smallest absolute Gasteiger partial charge is 0.272 e. The van der Waals surface area contributed by atoms with Crippen LogP contribution in [0.1, 0.15) is 16.9 Å². The predicted molar refractivity (Wildman–Crippen MR) is 73.2 cm³/mol. The topological polar surface area (TPSA) is 71.1 Å². The molecule has 0 radical (unpaired) electrons. The predicted octanol–water partition coefficient (Wildman–Crippen LogP) is 2.31. The number of rotatable bonds is 2. The van der Waals surface area contributed by atoms with E-state index in [1.807, 2.05) is 0 Å². The zero-order valence-electron chi connectivity index (χ0n) is 9.27. The molecule has 1 aliphatic heterocycles. The summed E-state index contributed by atoms with van der Waals surface area (Å²) in [4.78, 5) is 27.1. The van der Waals surface area contributed by atoms with Gasteiger partial charge >= 0.3 is 0 Å². The second kappa shape index (κ2) is 5.71. The molecule has 2 rings (SSSR count). The Kier molecular flexibility index (Phi) is 4.40. The van der Waals surface area contributed by atoms with Gasteiger partial charge in [0.25, 0.3) is 5.91 Å². The SMILES string of the molecule is O=C(NC1CCNC1=O)c1nc(Cl)c(Cl)c(Cl)c1Cl. The molecule has 9 heteroatoms. The molecule has 1 atom stereocenters. The average molecular weight is 343 g/mol. The first-order chi connectivity index (χ1) is 8.91.